The molecule has 1 aromatic heterocycles. The van der Waals surface area contributed by atoms with Crippen LogP contribution in [0, 0.1) is 5.82 Å². The van der Waals surface area contributed by atoms with E-state index >= 15 is 0 Å². The van der Waals surface area contributed by atoms with Crippen molar-refractivity contribution in [3.05, 3.63) is 65.1 Å². The Balaban J connectivity index is 1.92. The summed E-state index contributed by atoms with van der Waals surface area (Å²) in [7, 11) is 0. The first kappa shape index (κ1) is 13.6. The SMILES string of the molecule is Nc1cccc(COc2ccc(Cl)c3cccnc23)c1F. The van der Waals surface area contributed by atoms with Crippen LogP contribution in [0.4, 0.5) is 10.1 Å². The number of halogens is 2. The summed E-state index contributed by atoms with van der Waals surface area (Å²) >= 11 is 6.12. The summed E-state index contributed by atoms with van der Waals surface area (Å²) < 4.78 is 19.5. The Morgan fingerprint density at radius 1 is 1.14 bits per heavy atom. The number of hydrogen-bond acceptors (Lipinski definition) is 3. The molecule has 0 atom stereocenters. The van der Waals surface area contributed by atoms with E-state index in [1.807, 2.05) is 6.07 Å². The van der Waals surface area contributed by atoms with Gasteiger partial charge in [-0.3, -0.25) is 4.98 Å². The highest BCUT2D eigenvalue weighted by atomic mass is 35.5. The molecule has 106 valence electrons. The minimum atomic E-state index is -0.455. The summed E-state index contributed by atoms with van der Waals surface area (Å²) in [4.78, 5) is 4.27. The fourth-order valence-corrected chi connectivity index (χ4v) is 2.31. The summed E-state index contributed by atoms with van der Waals surface area (Å²) in [6.45, 7) is 0.0736. The van der Waals surface area contributed by atoms with Crippen LogP contribution in [-0.2, 0) is 6.61 Å². The van der Waals surface area contributed by atoms with Crippen LogP contribution in [0.5, 0.6) is 5.75 Å². The molecule has 2 aromatic carbocycles. The molecule has 0 saturated carbocycles. The molecule has 0 bridgehead atoms. The van der Waals surface area contributed by atoms with Crippen molar-refractivity contribution in [3.8, 4) is 5.75 Å². The third-order valence-electron chi connectivity index (χ3n) is 3.17. The molecule has 0 radical (unpaired) electrons. The smallest absolute Gasteiger partial charge is 0.152 e. The van der Waals surface area contributed by atoms with Crippen LogP contribution in [0.1, 0.15) is 5.56 Å². The lowest BCUT2D eigenvalue weighted by molar-refractivity contribution is 0.303. The highest BCUT2D eigenvalue weighted by molar-refractivity contribution is 6.35. The molecule has 3 nitrogen and oxygen atoms in total. The van der Waals surface area contributed by atoms with E-state index < -0.39 is 5.82 Å². The van der Waals surface area contributed by atoms with Gasteiger partial charge in [-0.05, 0) is 30.3 Å². The van der Waals surface area contributed by atoms with Crippen LogP contribution in [0.2, 0.25) is 5.02 Å². The molecule has 1 heterocycles. The van der Waals surface area contributed by atoms with Crippen molar-refractivity contribution in [2.24, 2.45) is 0 Å². The normalized spacial score (nSPS) is 10.8. The van der Waals surface area contributed by atoms with E-state index in [2.05, 4.69) is 4.98 Å². The number of nitrogens with two attached hydrogens (primary N) is 1. The number of anilines is 1. The zero-order valence-electron chi connectivity index (χ0n) is 11.0. The third kappa shape index (κ3) is 2.62. The van der Waals surface area contributed by atoms with Crippen LogP contribution in [-0.4, -0.2) is 4.98 Å². The number of ether oxygens (including phenoxy) is 1. The monoisotopic (exact) mass is 302 g/mol. The van der Waals surface area contributed by atoms with Gasteiger partial charge in [0.1, 0.15) is 17.9 Å². The maximum absolute atomic E-state index is 13.8. The lowest BCUT2D eigenvalue weighted by Crippen LogP contribution is -2.02. The van der Waals surface area contributed by atoms with Gasteiger partial charge in [-0.1, -0.05) is 23.7 Å². The van der Waals surface area contributed by atoms with Crippen LogP contribution in [0.25, 0.3) is 10.9 Å². The number of nitrogen functional groups attached to an aromatic ring is 1. The van der Waals surface area contributed by atoms with Gasteiger partial charge in [-0.25, -0.2) is 4.39 Å². The molecule has 0 saturated heterocycles. The van der Waals surface area contributed by atoms with E-state index in [9.17, 15) is 4.39 Å². The summed E-state index contributed by atoms with van der Waals surface area (Å²) in [5.41, 5.74) is 6.69. The zero-order valence-corrected chi connectivity index (χ0v) is 11.8. The van der Waals surface area contributed by atoms with Crippen LogP contribution in [0.15, 0.2) is 48.7 Å². The number of hydrogen-bond donors (Lipinski definition) is 1. The molecule has 3 rings (SSSR count). The zero-order chi connectivity index (χ0) is 14.8. The Kier molecular flexibility index (Phi) is 3.62. The van der Waals surface area contributed by atoms with Crippen LogP contribution < -0.4 is 10.5 Å². The van der Waals surface area contributed by atoms with E-state index in [0.717, 1.165) is 5.39 Å². The summed E-state index contributed by atoms with van der Waals surface area (Å²) in [6, 6.07) is 12.0. The minimum Gasteiger partial charge on any atom is -0.487 e. The second kappa shape index (κ2) is 5.58. The Hall–Kier alpha value is -2.33. The molecular formula is C16H12ClFN2O. The molecule has 21 heavy (non-hydrogen) atoms. The van der Waals surface area contributed by atoms with Gasteiger partial charge in [0.25, 0.3) is 0 Å². The first-order valence-electron chi connectivity index (χ1n) is 6.35. The molecule has 5 heteroatoms. The summed E-state index contributed by atoms with van der Waals surface area (Å²) in [5.74, 6) is 0.0977. The lowest BCUT2D eigenvalue weighted by Gasteiger charge is -2.10. The average molecular weight is 303 g/mol. The van der Waals surface area contributed by atoms with Gasteiger partial charge in [0.05, 0.1) is 10.7 Å². The molecule has 3 aromatic rings. The van der Waals surface area contributed by atoms with E-state index in [4.69, 9.17) is 22.1 Å². The molecule has 0 aliphatic heterocycles. The van der Waals surface area contributed by atoms with Gasteiger partial charge < -0.3 is 10.5 Å². The number of rotatable bonds is 3. The van der Waals surface area contributed by atoms with Crippen molar-refractivity contribution in [1.29, 1.82) is 0 Å². The Bertz CT molecular complexity index is 807. The van der Waals surface area contributed by atoms with Crippen molar-refractivity contribution in [1.82, 2.24) is 4.98 Å². The standard InChI is InChI=1S/C16H12ClFN2O/c17-12-6-7-14(16-11(12)4-2-8-20-16)21-9-10-3-1-5-13(19)15(10)18/h1-8H,9,19H2. The largest absolute Gasteiger partial charge is 0.487 e. The summed E-state index contributed by atoms with van der Waals surface area (Å²) in [5, 5.41) is 1.39. The fraction of sp³-hybridized carbons (Fsp3) is 0.0625. The Morgan fingerprint density at radius 2 is 2.00 bits per heavy atom. The molecule has 0 aliphatic carbocycles. The molecular weight excluding hydrogens is 291 g/mol. The number of pyridine rings is 1. The van der Waals surface area contributed by atoms with Crippen molar-refractivity contribution >= 4 is 28.2 Å². The van der Waals surface area contributed by atoms with Gasteiger partial charge in [-0.15, -0.1) is 0 Å². The number of benzene rings is 2. The van der Waals surface area contributed by atoms with Gasteiger partial charge in [0.2, 0.25) is 0 Å². The fourth-order valence-electron chi connectivity index (χ4n) is 2.10. The average Bonchev–Trinajstić information content (AvgIpc) is 2.51. The Labute approximate surface area is 126 Å². The maximum atomic E-state index is 13.8. The molecule has 0 amide bonds. The second-order valence-corrected chi connectivity index (χ2v) is 4.96. The number of nitrogens with zero attached hydrogens (tertiary/aromatic N) is 1. The molecule has 0 spiro atoms. The lowest BCUT2D eigenvalue weighted by atomic mass is 10.2. The van der Waals surface area contributed by atoms with E-state index in [1.165, 1.54) is 6.07 Å². The van der Waals surface area contributed by atoms with Crippen LogP contribution >= 0.6 is 11.6 Å². The topological polar surface area (TPSA) is 48.1 Å². The predicted molar refractivity (Wildman–Crippen MR) is 81.9 cm³/mol. The van der Waals surface area contributed by atoms with Crippen LogP contribution in [0.3, 0.4) is 0 Å². The molecule has 0 aliphatic rings. The number of fused-ring (bicyclic) bond motifs is 1. The molecule has 2 N–H and O–H groups in total. The predicted octanol–water partition coefficient (Wildman–Crippen LogP) is 4.19. The Morgan fingerprint density at radius 3 is 2.86 bits per heavy atom. The van der Waals surface area contributed by atoms with Gasteiger partial charge in [0, 0.05) is 17.1 Å². The van der Waals surface area contributed by atoms with E-state index in [-0.39, 0.29) is 12.3 Å². The highest BCUT2D eigenvalue weighted by Crippen LogP contribution is 2.30. The van der Waals surface area contributed by atoms with E-state index in [0.29, 0.717) is 21.9 Å². The maximum Gasteiger partial charge on any atom is 0.152 e. The first-order valence-corrected chi connectivity index (χ1v) is 6.73. The van der Waals surface area contributed by atoms with E-state index in [1.54, 1.807) is 36.5 Å². The van der Waals surface area contributed by atoms with Gasteiger partial charge in [0.15, 0.2) is 5.82 Å². The number of aromatic nitrogens is 1. The van der Waals surface area contributed by atoms with Crippen molar-refractivity contribution in [2.45, 2.75) is 6.61 Å². The molecule has 0 unspecified atom stereocenters. The van der Waals surface area contributed by atoms with Crippen molar-refractivity contribution in [3.63, 3.8) is 0 Å². The first-order chi connectivity index (χ1) is 10.2. The summed E-state index contributed by atoms with van der Waals surface area (Å²) in [6.07, 6.45) is 1.66. The minimum absolute atomic E-state index is 0.0736. The van der Waals surface area contributed by atoms with Crippen molar-refractivity contribution in [2.75, 3.05) is 5.73 Å². The quantitative estimate of drug-likeness (QED) is 0.738. The van der Waals surface area contributed by atoms with Gasteiger partial charge >= 0.3 is 0 Å². The van der Waals surface area contributed by atoms with Gasteiger partial charge in [-0.2, -0.15) is 0 Å². The molecule has 0 fully saturated rings. The van der Waals surface area contributed by atoms with Crippen molar-refractivity contribution < 1.29 is 9.13 Å². The second-order valence-electron chi connectivity index (χ2n) is 4.55. The highest BCUT2D eigenvalue weighted by Gasteiger charge is 2.09. The third-order valence-corrected chi connectivity index (χ3v) is 3.50.